The molecule has 134 valence electrons. The first-order valence-corrected chi connectivity index (χ1v) is 8.79. The second-order valence-corrected chi connectivity index (χ2v) is 6.41. The van der Waals surface area contributed by atoms with Gasteiger partial charge in [-0.25, -0.2) is 4.79 Å². The summed E-state index contributed by atoms with van der Waals surface area (Å²) in [5, 5.41) is 20.6. The number of nitrogens with one attached hydrogen (secondary N) is 2. The number of nitrogens with zero attached hydrogens (tertiary/aromatic N) is 3. The number of hydrogen-bond acceptors (Lipinski definition) is 5. The van der Waals surface area contributed by atoms with Gasteiger partial charge < -0.3 is 15.7 Å². The average Bonchev–Trinajstić information content (AvgIpc) is 2.98. The van der Waals surface area contributed by atoms with E-state index >= 15 is 0 Å². The Kier molecular flexibility index (Phi) is 5.33. The number of rotatable bonds is 7. The van der Waals surface area contributed by atoms with E-state index < -0.39 is 5.97 Å². The second-order valence-electron chi connectivity index (χ2n) is 6.41. The Morgan fingerprint density at radius 2 is 2.28 bits per heavy atom. The number of aromatic nitrogens is 3. The van der Waals surface area contributed by atoms with Crippen LogP contribution in [0.4, 0.5) is 5.69 Å². The maximum Gasteiger partial charge on any atom is 0.356 e. The molecular formula is C18H25N5O2. The fraction of sp³-hybridized carbons (Fsp3) is 0.500. The summed E-state index contributed by atoms with van der Waals surface area (Å²) in [5.74, 6) is -0.932. The first-order valence-electron chi connectivity index (χ1n) is 8.79. The summed E-state index contributed by atoms with van der Waals surface area (Å²) in [6, 6.07) is 2.26. The molecule has 0 spiro atoms. The molecule has 3 N–H and O–H groups in total. The van der Waals surface area contributed by atoms with Gasteiger partial charge in [0.2, 0.25) is 0 Å². The van der Waals surface area contributed by atoms with E-state index in [1.807, 2.05) is 30.8 Å². The van der Waals surface area contributed by atoms with Crippen LogP contribution in [0.25, 0.3) is 0 Å². The van der Waals surface area contributed by atoms with Crippen LogP contribution in [0.2, 0.25) is 0 Å². The van der Waals surface area contributed by atoms with Crippen LogP contribution in [-0.2, 0) is 19.4 Å². The number of hydrogen-bond donors (Lipinski definition) is 3. The van der Waals surface area contributed by atoms with Crippen molar-refractivity contribution in [3.63, 3.8) is 0 Å². The van der Waals surface area contributed by atoms with Gasteiger partial charge in [-0.1, -0.05) is 0 Å². The molecule has 1 aliphatic carbocycles. The Balaban J connectivity index is 1.55. The highest BCUT2D eigenvalue weighted by Crippen LogP contribution is 2.25. The van der Waals surface area contributed by atoms with Crippen LogP contribution in [-0.4, -0.2) is 45.0 Å². The Morgan fingerprint density at radius 3 is 3.00 bits per heavy atom. The van der Waals surface area contributed by atoms with Crippen LogP contribution in [0, 0.1) is 6.92 Å². The highest BCUT2D eigenvalue weighted by atomic mass is 16.4. The Hall–Kier alpha value is -2.41. The lowest BCUT2D eigenvalue weighted by molar-refractivity contribution is 0.0688. The molecular weight excluding hydrogens is 318 g/mol. The lowest BCUT2D eigenvalue weighted by Crippen LogP contribution is -2.37. The van der Waals surface area contributed by atoms with Gasteiger partial charge in [0, 0.05) is 55.0 Å². The standard InChI is InChI=1S/C18H25N5O2/c1-3-23-16-5-4-13(10-14(16)17(22-23)18(24)25)20-8-9-21-15-6-7-19-11-12(15)2/h6-7,11,13,20H,3-5,8-10H2,1-2H3,(H,19,21)(H,24,25)/t13-/m1/s1. The summed E-state index contributed by atoms with van der Waals surface area (Å²) in [7, 11) is 0. The highest BCUT2D eigenvalue weighted by molar-refractivity contribution is 5.87. The van der Waals surface area contributed by atoms with E-state index in [-0.39, 0.29) is 5.69 Å². The minimum atomic E-state index is -0.932. The maximum atomic E-state index is 11.4. The predicted molar refractivity (Wildman–Crippen MR) is 96.1 cm³/mol. The third kappa shape index (κ3) is 3.82. The molecule has 1 aliphatic rings. The molecule has 3 rings (SSSR count). The summed E-state index contributed by atoms with van der Waals surface area (Å²) in [6.45, 7) is 6.38. The quantitative estimate of drug-likeness (QED) is 0.665. The second kappa shape index (κ2) is 7.65. The van der Waals surface area contributed by atoms with Crippen LogP contribution in [0.1, 0.15) is 40.7 Å². The van der Waals surface area contributed by atoms with Gasteiger partial charge in [-0.2, -0.15) is 5.10 Å². The number of anilines is 1. The molecule has 0 aromatic carbocycles. The van der Waals surface area contributed by atoms with Crippen molar-refractivity contribution in [2.45, 2.75) is 45.7 Å². The van der Waals surface area contributed by atoms with E-state index in [0.29, 0.717) is 12.6 Å². The number of carboxylic acids is 1. The Morgan fingerprint density at radius 1 is 1.44 bits per heavy atom. The fourth-order valence-electron chi connectivity index (χ4n) is 3.44. The predicted octanol–water partition coefficient (Wildman–Crippen LogP) is 1.86. The molecule has 0 saturated carbocycles. The zero-order chi connectivity index (χ0) is 17.8. The molecule has 7 nitrogen and oxygen atoms in total. The SMILES string of the molecule is CCn1nc(C(=O)O)c2c1CC[C@@H](NCCNc1ccncc1C)C2. The van der Waals surface area contributed by atoms with Crippen molar-refractivity contribution in [1.82, 2.24) is 20.1 Å². The zero-order valence-corrected chi connectivity index (χ0v) is 14.7. The van der Waals surface area contributed by atoms with Crippen molar-refractivity contribution in [2.75, 3.05) is 18.4 Å². The van der Waals surface area contributed by atoms with E-state index in [9.17, 15) is 9.90 Å². The van der Waals surface area contributed by atoms with Gasteiger partial charge >= 0.3 is 5.97 Å². The van der Waals surface area contributed by atoms with Gasteiger partial charge in [0.1, 0.15) is 0 Å². The van der Waals surface area contributed by atoms with E-state index in [1.54, 1.807) is 6.20 Å². The number of aryl methyl sites for hydroxylation is 2. The van der Waals surface area contributed by atoms with Gasteiger partial charge in [0.15, 0.2) is 5.69 Å². The molecule has 0 amide bonds. The van der Waals surface area contributed by atoms with Crippen LogP contribution in [0.5, 0.6) is 0 Å². The highest BCUT2D eigenvalue weighted by Gasteiger charge is 2.28. The van der Waals surface area contributed by atoms with Gasteiger partial charge in [0.05, 0.1) is 0 Å². The normalized spacial score (nSPS) is 16.5. The summed E-state index contributed by atoms with van der Waals surface area (Å²) in [5.41, 5.74) is 4.43. The molecule has 0 bridgehead atoms. The van der Waals surface area contributed by atoms with Crippen LogP contribution in [0.15, 0.2) is 18.5 Å². The maximum absolute atomic E-state index is 11.4. The molecule has 0 radical (unpaired) electrons. The van der Waals surface area contributed by atoms with Gasteiger partial charge in [-0.3, -0.25) is 9.67 Å². The van der Waals surface area contributed by atoms with Crippen molar-refractivity contribution < 1.29 is 9.90 Å². The lowest BCUT2D eigenvalue weighted by atomic mass is 9.91. The van der Waals surface area contributed by atoms with Crippen LogP contribution < -0.4 is 10.6 Å². The topological polar surface area (TPSA) is 92.1 Å². The molecule has 0 aliphatic heterocycles. The number of aromatic carboxylic acids is 1. The summed E-state index contributed by atoms with van der Waals surface area (Å²) in [4.78, 5) is 15.5. The van der Waals surface area contributed by atoms with Crippen molar-refractivity contribution in [2.24, 2.45) is 0 Å². The first kappa shape index (κ1) is 17.4. The van der Waals surface area contributed by atoms with E-state index in [4.69, 9.17) is 0 Å². The molecule has 7 heteroatoms. The Bertz CT molecular complexity index is 756. The number of pyridine rings is 1. The van der Waals surface area contributed by atoms with Crippen molar-refractivity contribution in [3.8, 4) is 0 Å². The molecule has 2 aromatic heterocycles. The third-order valence-electron chi connectivity index (χ3n) is 4.74. The van der Waals surface area contributed by atoms with Crippen molar-refractivity contribution >= 4 is 11.7 Å². The largest absolute Gasteiger partial charge is 0.476 e. The minimum absolute atomic E-state index is 0.217. The smallest absolute Gasteiger partial charge is 0.356 e. The Labute approximate surface area is 147 Å². The van der Waals surface area contributed by atoms with Gasteiger partial charge in [0.25, 0.3) is 0 Å². The number of carboxylic acid groups (broad SMARTS) is 1. The molecule has 2 aromatic rings. The molecule has 2 heterocycles. The van der Waals surface area contributed by atoms with E-state index in [2.05, 4.69) is 20.7 Å². The molecule has 0 fully saturated rings. The van der Waals surface area contributed by atoms with Gasteiger partial charge in [-0.15, -0.1) is 0 Å². The molecule has 1 atom stereocenters. The minimum Gasteiger partial charge on any atom is -0.476 e. The summed E-state index contributed by atoms with van der Waals surface area (Å²) >= 11 is 0. The van der Waals surface area contributed by atoms with Gasteiger partial charge in [-0.05, 0) is 44.7 Å². The van der Waals surface area contributed by atoms with Crippen LogP contribution >= 0.6 is 0 Å². The molecule has 0 saturated heterocycles. The average molecular weight is 343 g/mol. The summed E-state index contributed by atoms with van der Waals surface area (Å²) < 4.78 is 1.84. The lowest BCUT2D eigenvalue weighted by Gasteiger charge is -2.24. The van der Waals surface area contributed by atoms with E-state index in [1.165, 1.54) is 0 Å². The first-order chi connectivity index (χ1) is 12.1. The zero-order valence-electron chi connectivity index (χ0n) is 14.7. The van der Waals surface area contributed by atoms with Crippen LogP contribution in [0.3, 0.4) is 0 Å². The molecule has 0 unspecified atom stereocenters. The van der Waals surface area contributed by atoms with Crippen molar-refractivity contribution in [3.05, 3.63) is 41.0 Å². The van der Waals surface area contributed by atoms with Crippen molar-refractivity contribution in [1.29, 1.82) is 0 Å². The van der Waals surface area contributed by atoms with E-state index in [0.717, 1.165) is 54.9 Å². The number of carbonyl (C=O) groups is 1. The third-order valence-corrected chi connectivity index (χ3v) is 4.74. The molecule has 25 heavy (non-hydrogen) atoms. The number of fused-ring (bicyclic) bond motifs is 1. The summed E-state index contributed by atoms with van der Waals surface area (Å²) in [6.07, 6.45) is 6.23. The monoisotopic (exact) mass is 343 g/mol. The fourth-order valence-corrected chi connectivity index (χ4v) is 3.44.